The third kappa shape index (κ3) is 4.68. The van der Waals surface area contributed by atoms with E-state index in [9.17, 15) is 0 Å². The Balaban J connectivity index is 1.25. The molecule has 0 saturated carbocycles. The van der Waals surface area contributed by atoms with Gasteiger partial charge in [-0.05, 0) is 86.8 Å². The van der Waals surface area contributed by atoms with Crippen molar-refractivity contribution < 1.29 is 8.83 Å². The molecule has 0 spiro atoms. The largest absolute Gasteiger partial charge is 0.455 e. The standard InChI is InChI=1S/C55H37NO2/c1-55(2)46-25-13-11-21-39(46)40-29-28-36(32-47(40)55)56(48-26-15-24-43-41-22-12-14-27-49(41)57-54(43)48)52-37(34-16-5-3-6-17-34)30-31-50-51(52)45-33-44(35-18-7-4-8-19-35)38-20-9-10-23-42(38)53(45)58-50/h3-33H,1-2H3. The van der Waals surface area contributed by atoms with Gasteiger partial charge in [-0.2, -0.15) is 0 Å². The Labute approximate surface area is 336 Å². The van der Waals surface area contributed by atoms with Crippen LogP contribution in [0.2, 0.25) is 0 Å². The average molecular weight is 744 g/mol. The van der Waals surface area contributed by atoms with E-state index in [0.29, 0.717) is 0 Å². The molecule has 0 saturated heterocycles. The molecule has 0 fully saturated rings. The molecule has 3 heteroatoms. The number of nitrogens with zero attached hydrogens (tertiary/aromatic N) is 1. The lowest BCUT2D eigenvalue weighted by atomic mass is 9.82. The zero-order chi connectivity index (χ0) is 38.5. The highest BCUT2D eigenvalue weighted by Gasteiger charge is 2.36. The second kappa shape index (κ2) is 12.3. The fourth-order valence-electron chi connectivity index (χ4n) is 9.74. The summed E-state index contributed by atoms with van der Waals surface area (Å²) in [6, 6.07) is 67.6. The Hall–Kier alpha value is -7.36. The van der Waals surface area contributed by atoms with Gasteiger partial charge in [0.05, 0.1) is 16.8 Å². The summed E-state index contributed by atoms with van der Waals surface area (Å²) in [6.07, 6.45) is 0. The molecule has 3 nitrogen and oxygen atoms in total. The van der Waals surface area contributed by atoms with Gasteiger partial charge in [0, 0.05) is 38.2 Å². The van der Waals surface area contributed by atoms with Crippen LogP contribution < -0.4 is 4.90 Å². The second-order valence-electron chi connectivity index (χ2n) is 16.0. The van der Waals surface area contributed by atoms with Gasteiger partial charge in [-0.15, -0.1) is 0 Å². The molecule has 1 aliphatic rings. The number of anilines is 3. The third-order valence-corrected chi connectivity index (χ3v) is 12.5. The smallest absolute Gasteiger partial charge is 0.159 e. The van der Waals surface area contributed by atoms with E-state index in [0.717, 1.165) is 82.8 Å². The van der Waals surface area contributed by atoms with E-state index in [1.165, 1.54) is 33.4 Å². The average Bonchev–Trinajstić information content (AvgIpc) is 3.92. The van der Waals surface area contributed by atoms with Crippen LogP contribution in [0.25, 0.3) is 88.0 Å². The minimum atomic E-state index is -0.195. The predicted molar refractivity (Wildman–Crippen MR) is 242 cm³/mol. The minimum Gasteiger partial charge on any atom is -0.455 e. The van der Waals surface area contributed by atoms with Crippen molar-refractivity contribution in [2.24, 2.45) is 0 Å². The van der Waals surface area contributed by atoms with Crippen molar-refractivity contribution in [3.05, 3.63) is 199 Å². The van der Waals surface area contributed by atoms with Gasteiger partial charge in [-0.1, -0.05) is 159 Å². The van der Waals surface area contributed by atoms with Gasteiger partial charge in [0.15, 0.2) is 5.58 Å². The number of hydrogen-bond donors (Lipinski definition) is 0. The summed E-state index contributed by atoms with van der Waals surface area (Å²) in [4.78, 5) is 2.45. The molecule has 11 aromatic rings. The molecular weight excluding hydrogens is 707 g/mol. The first-order valence-corrected chi connectivity index (χ1v) is 20.0. The monoisotopic (exact) mass is 743 g/mol. The Morgan fingerprint density at radius 3 is 1.81 bits per heavy atom. The summed E-state index contributed by atoms with van der Waals surface area (Å²) < 4.78 is 13.9. The molecule has 0 bridgehead atoms. The normalized spacial score (nSPS) is 13.1. The molecule has 12 rings (SSSR count). The van der Waals surface area contributed by atoms with Crippen molar-refractivity contribution in [1.82, 2.24) is 0 Å². The minimum absolute atomic E-state index is 0.195. The lowest BCUT2D eigenvalue weighted by Crippen LogP contribution is -2.17. The number of rotatable bonds is 5. The van der Waals surface area contributed by atoms with E-state index >= 15 is 0 Å². The van der Waals surface area contributed by atoms with E-state index in [1.807, 2.05) is 6.07 Å². The maximum absolute atomic E-state index is 7.04. The van der Waals surface area contributed by atoms with Gasteiger partial charge in [0.1, 0.15) is 16.7 Å². The van der Waals surface area contributed by atoms with Gasteiger partial charge in [0.2, 0.25) is 0 Å². The van der Waals surface area contributed by atoms with Crippen molar-refractivity contribution >= 4 is 71.7 Å². The van der Waals surface area contributed by atoms with Crippen molar-refractivity contribution in [2.75, 3.05) is 4.90 Å². The van der Waals surface area contributed by atoms with Gasteiger partial charge >= 0.3 is 0 Å². The number of fused-ring (bicyclic) bond motifs is 11. The molecule has 2 aromatic heterocycles. The summed E-state index contributed by atoms with van der Waals surface area (Å²) in [6.45, 7) is 4.70. The summed E-state index contributed by atoms with van der Waals surface area (Å²) in [5, 5.41) is 6.54. The Bertz CT molecular complexity index is 3430. The molecule has 0 atom stereocenters. The van der Waals surface area contributed by atoms with E-state index in [1.54, 1.807) is 0 Å². The number of hydrogen-bond acceptors (Lipinski definition) is 3. The fourth-order valence-corrected chi connectivity index (χ4v) is 9.74. The third-order valence-electron chi connectivity index (χ3n) is 12.5. The first kappa shape index (κ1) is 32.8. The van der Waals surface area contributed by atoms with Crippen molar-refractivity contribution in [3.63, 3.8) is 0 Å². The van der Waals surface area contributed by atoms with Crippen LogP contribution in [0.5, 0.6) is 0 Å². The summed E-state index contributed by atoms with van der Waals surface area (Å²) in [7, 11) is 0. The highest BCUT2D eigenvalue weighted by Crippen LogP contribution is 2.55. The fraction of sp³-hybridized carbons (Fsp3) is 0.0545. The molecule has 58 heavy (non-hydrogen) atoms. The molecule has 0 aliphatic heterocycles. The van der Waals surface area contributed by atoms with E-state index < -0.39 is 0 Å². The van der Waals surface area contributed by atoms with Crippen molar-refractivity contribution in [2.45, 2.75) is 19.3 Å². The van der Waals surface area contributed by atoms with Gasteiger partial charge in [0.25, 0.3) is 0 Å². The lowest BCUT2D eigenvalue weighted by Gasteiger charge is -2.30. The van der Waals surface area contributed by atoms with Crippen LogP contribution in [0.4, 0.5) is 17.1 Å². The zero-order valence-electron chi connectivity index (χ0n) is 32.2. The Morgan fingerprint density at radius 1 is 0.397 bits per heavy atom. The van der Waals surface area contributed by atoms with Crippen LogP contribution in [0, 0.1) is 0 Å². The molecule has 0 unspecified atom stereocenters. The summed E-state index contributed by atoms with van der Waals surface area (Å²) in [5.41, 5.74) is 16.1. The molecule has 274 valence electrons. The molecule has 0 amide bonds. The van der Waals surface area contributed by atoms with E-state index in [2.05, 4.69) is 201 Å². The van der Waals surface area contributed by atoms with E-state index in [4.69, 9.17) is 8.83 Å². The molecule has 0 radical (unpaired) electrons. The van der Waals surface area contributed by atoms with Crippen LogP contribution >= 0.6 is 0 Å². The van der Waals surface area contributed by atoms with Crippen LogP contribution in [0.15, 0.2) is 197 Å². The Kier molecular flexibility index (Phi) is 6.98. The van der Waals surface area contributed by atoms with Crippen LogP contribution in [-0.4, -0.2) is 0 Å². The maximum atomic E-state index is 7.04. The van der Waals surface area contributed by atoms with E-state index in [-0.39, 0.29) is 5.41 Å². The topological polar surface area (TPSA) is 29.5 Å². The molecule has 0 N–H and O–H groups in total. The number of para-hydroxylation sites is 2. The Morgan fingerprint density at radius 2 is 1.00 bits per heavy atom. The first-order valence-electron chi connectivity index (χ1n) is 20.0. The van der Waals surface area contributed by atoms with Crippen molar-refractivity contribution in [1.29, 1.82) is 0 Å². The number of furan rings is 2. The highest BCUT2D eigenvalue weighted by molar-refractivity contribution is 6.25. The second-order valence-corrected chi connectivity index (χ2v) is 16.0. The van der Waals surface area contributed by atoms with Crippen LogP contribution in [0.1, 0.15) is 25.0 Å². The van der Waals surface area contributed by atoms with Crippen LogP contribution in [0.3, 0.4) is 0 Å². The summed E-state index contributed by atoms with van der Waals surface area (Å²) >= 11 is 0. The molecule has 9 aromatic carbocycles. The number of benzene rings is 9. The van der Waals surface area contributed by atoms with Crippen LogP contribution in [-0.2, 0) is 5.41 Å². The predicted octanol–water partition coefficient (Wildman–Crippen LogP) is 15.7. The first-order chi connectivity index (χ1) is 28.5. The van der Waals surface area contributed by atoms with Gasteiger partial charge in [-0.25, -0.2) is 0 Å². The van der Waals surface area contributed by atoms with Gasteiger partial charge < -0.3 is 13.7 Å². The summed E-state index contributed by atoms with van der Waals surface area (Å²) in [5.74, 6) is 0. The molecule has 2 heterocycles. The molecule has 1 aliphatic carbocycles. The lowest BCUT2D eigenvalue weighted by molar-refractivity contribution is 0.660. The quantitative estimate of drug-likeness (QED) is 0.176. The zero-order valence-corrected chi connectivity index (χ0v) is 32.2. The van der Waals surface area contributed by atoms with Gasteiger partial charge in [-0.3, -0.25) is 0 Å². The molecular formula is C55H37NO2. The maximum Gasteiger partial charge on any atom is 0.159 e. The SMILES string of the molecule is CC1(C)c2ccccc2-c2ccc(N(c3cccc4c3oc3ccccc34)c3c(-c4ccccc4)ccc4oc5c6ccccc6c(-c6ccccc6)cc5c34)cc21. The highest BCUT2D eigenvalue weighted by atomic mass is 16.3. The van der Waals surface area contributed by atoms with Crippen molar-refractivity contribution in [3.8, 4) is 33.4 Å².